The van der Waals surface area contributed by atoms with E-state index in [4.69, 9.17) is 26.8 Å². The highest BCUT2D eigenvalue weighted by Gasteiger charge is 2.41. The third-order valence-electron chi connectivity index (χ3n) is 5.98. The van der Waals surface area contributed by atoms with Crippen LogP contribution in [-0.4, -0.2) is 47.4 Å². The number of rotatable bonds is 4. The molecule has 0 aliphatic carbocycles. The molecule has 2 aliphatic heterocycles. The maximum atomic E-state index is 13.1. The third-order valence-corrected chi connectivity index (χ3v) is 7.61. The summed E-state index contributed by atoms with van der Waals surface area (Å²) in [5.41, 5.74) is 6.27. The van der Waals surface area contributed by atoms with Gasteiger partial charge in [-0.3, -0.25) is 9.36 Å². The van der Waals surface area contributed by atoms with Crippen LogP contribution in [0, 0.1) is 5.41 Å². The Bertz CT molecular complexity index is 1010. The molecule has 1 spiro atoms. The minimum absolute atomic E-state index is 0.197. The molecule has 30 heavy (non-hydrogen) atoms. The predicted molar refractivity (Wildman–Crippen MR) is 118 cm³/mol. The zero-order valence-corrected chi connectivity index (χ0v) is 18.9. The Morgan fingerprint density at radius 2 is 2.13 bits per heavy atom. The van der Waals surface area contributed by atoms with E-state index < -0.39 is 0 Å². The Balaban J connectivity index is 1.58. The summed E-state index contributed by atoms with van der Waals surface area (Å²) in [6.45, 7) is 4.61. The van der Waals surface area contributed by atoms with Gasteiger partial charge in [-0.25, -0.2) is 4.98 Å². The SMILES string of the molecule is COc1nccc(Sc2c(N)nc(N3CCC4(CC3)CO[C@@H](C)C4)n(C)c2=O)c1Cl. The maximum Gasteiger partial charge on any atom is 0.270 e. The zero-order chi connectivity index (χ0) is 21.5. The van der Waals surface area contributed by atoms with E-state index >= 15 is 0 Å². The van der Waals surface area contributed by atoms with Gasteiger partial charge in [0.05, 0.1) is 19.8 Å². The number of nitrogens with zero attached hydrogens (tertiary/aromatic N) is 4. The monoisotopic (exact) mass is 451 g/mol. The lowest BCUT2D eigenvalue weighted by molar-refractivity contribution is 0.0974. The standard InChI is InChI=1S/C20H26ClN5O3S/c1-12-10-20(11-29-12)5-8-26(9-6-20)19-24-16(22)15(18(27)25(19)2)30-13-4-7-23-17(28-3)14(13)21/h4,7,12H,5-6,8-11,22H2,1-3H3/t12-/m0/s1. The van der Waals surface area contributed by atoms with Crippen molar-refractivity contribution in [1.29, 1.82) is 0 Å². The molecule has 2 aromatic rings. The summed E-state index contributed by atoms with van der Waals surface area (Å²) >= 11 is 7.50. The quantitative estimate of drug-likeness (QED) is 0.757. The van der Waals surface area contributed by atoms with Gasteiger partial charge in [0.15, 0.2) is 0 Å². The highest BCUT2D eigenvalue weighted by molar-refractivity contribution is 7.99. The summed E-state index contributed by atoms with van der Waals surface area (Å²) in [6, 6.07) is 1.72. The molecule has 2 N–H and O–H groups in total. The largest absolute Gasteiger partial charge is 0.480 e. The van der Waals surface area contributed by atoms with Crippen LogP contribution in [0.2, 0.25) is 5.02 Å². The lowest BCUT2D eigenvalue weighted by Gasteiger charge is -2.39. The van der Waals surface area contributed by atoms with Crippen molar-refractivity contribution in [3.05, 3.63) is 27.6 Å². The Kier molecular flexibility index (Phi) is 5.87. The fourth-order valence-corrected chi connectivity index (χ4v) is 5.49. The molecule has 2 aliphatic rings. The van der Waals surface area contributed by atoms with Gasteiger partial charge in [-0.05, 0) is 37.7 Å². The highest BCUT2D eigenvalue weighted by Crippen LogP contribution is 2.43. The van der Waals surface area contributed by atoms with Crippen LogP contribution < -0.4 is 20.9 Å². The fraction of sp³-hybridized carbons (Fsp3) is 0.550. The van der Waals surface area contributed by atoms with E-state index in [2.05, 4.69) is 21.8 Å². The number of piperidine rings is 1. The molecule has 2 aromatic heterocycles. The van der Waals surface area contributed by atoms with Crippen LogP contribution in [0.25, 0.3) is 0 Å². The first-order valence-electron chi connectivity index (χ1n) is 9.93. The molecule has 10 heteroatoms. The lowest BCUT2D eigenvalue weighted by Crippen LogP contribution is -2.43. The van der Waals surface area contributed by atoms with Crippen LogP contribution in [0.5, 0.6) is 5.88 Å². The molecule has 0 aromatic carbocycles. The summed E-state index contributed by atoms with van der Waals surface area (Å²) in [6.07, 6.45) is 5.05. The summed E-state index contributed by atoms with van der Waals surface area (Å²) < 4.78 is 12.5. The minimum atomic E-state index is -0.201. The molecule has 2 fully saturated rings. The second-order valence-electron chi connectivity index (χ2n) is 8.04. The van der Waals surface area contributed by atoms with Gasteiger partial charge in [0.1, 0.15) is 15.7 Å². The maximum absolute atomic E-state index is 13.1. The number of nitrogen functional groups attached to an aromatic ring is 1. The van der Waals surface area contributed by atoms with Crippen molar-refractivity contribution < 1.29 is 9.47 Å². The van der Waals surface area contributed by atoms with Crippen molar-refractivity contribution in [1.82, 2.24) is 14.5 Å². The Morgan fingerprint density at radius 3 is 2.77 bits per heavy atom. The van der Waals surface area contributed by atoms with E-state index in [-0.39, 0.29) is 16.8 Å². The topological polar surface area (TPSA) is 95.5 Å². The van der Waals surface area contributed by atoms with E-state index in [1.54, 1.807) is 23.9 Å². The second-order valence-corrected chi connectivity index (χ2v) is 9.47. The van der Waals surface area contributed by atoms with Crippen molar-refractivity contribution in [2.75, 3.05) is 37.4 Å². The van der Waals surface area contributed by atoms with Gasteiger partial charge in [-0.2, -0.15) is 4.98 Å². The zero-order valence-electron chi connectivity index (χ0n) is 17.4. The molecule has 4 heterocycles. The Morgan fingerprint density at radius 1 is 1.40 bits per heavy atom. The summed E-state index contributed by atoms with van der Waals surface area (Å²) in [7, 11) is 3.22. The summed E-state index contributed by atoms with van der Waals surface area (Å²) in [5, 5.41) is 0.338. The number of hydrogen-bond donors (Lipinski definition) is 1. The summed E-state index contributed by atoms with van der Waals surface area (Å²) in [5.74, 6) is 1.10. The van der Waals surface area contributed by atoms with E-state index in [1.165, 1.54) is 18.9 Å². The Labute approximate surface area is 184 Å². The molecule has 0 radical (unpaired) electrons. The number of nitrogens with two attached hydrogens (primary N) is 1. The molecule has 1 atom stereocenters. The third kappa shape index (κ3) is 3.86. The van der Waals surface area contributed by atoms with Crippen molar-refractivity contribution in [2.24, 2.45) is 12.5 Å². The molecule has 8 nitrogen and oxygen atoms in total. The van der Waals surface area contributed by atoms with Crippen LogP contribution in [0.1, 0.15) is 26.2 Å². The number of aromatic nitrogens is 3. The van der Waals surface area contributed by atoms with Gasteiger partial charge >= 0.3 is 0 Å². The van der Waals surface area contributed by atoms with E-state index in [9.17, 15) is 4.79 Å². The molecule has 0 amide bonds. The van der Waals surface area contributed by atoms with Crippen LogP contribution >= 0.6 is 23.4 Å². The summed E-state index contributed by atoms with van der Waals surface area (Å²) in [4.78, 5) is 24.9. The van der Waals surface area contributed by atoms with Crippen LogP contribution in [0.3, 0.4) is 0 Å². The molecular weight excluding hydrogens is 426 g/mol. The van der Waals surface area contributed by atoms with Crippen LogP contribution in [0.4, 0.5) is 11.8 Å². The lowest BCUT2D eigenvalue weighted by atomic mass is 9.77. The molecule has 0 saturated carbocycles. The normalized spacial score (nSPS) is 20.7. The number of hydrogen-bond acceptors (Lipinski definition) is 8. The molecule has 0 bridgehead atoms. The molecule has 0 unspecified atom stereocenters. The number of ether oxygens (including phenoxy) is 2. The molecule has 4 rings (SSSR count). The average Bonchev–Trinajstić information content (AvgIpc) is 3.10. The van der Waals surface area contributed by atoms with Gasteiger partial charge in [-0.15, -0.1) is 0 Å². The van der Waals surface area contributed by atoms with E-state index in [1.807, 2.05) is 0 Å². The van der Waals surface area contributed by atoms with Crippen molar-refractivity contribution in [3.63, 3.8) is 0 Å². The number of halogens is 1. The second kappa shape index (κ2) is 8.28. The first-order chi connectivity index (χ1) is 14.3. The number of anilines is 2. The number of pyridine rings is 1. The van der Waals surface area contributed by atoms with Crippen LogP contribution in [-0.2, 0) is 11.8 Å². The molecule has 2 saturated heterocycles. The molecular formula is C20H26ClN5O3S. The van der Waals surface area contributed by atoms with Gasteiger partial charge in [0.25, 0.3) is 5.56 Å². The fourth-order valence-electron chi connectivity index (χ4n) is 4.28. The smallest absolute Gasteiger partial charge is 0.270 e. The average molecular weight is 452 g/mol. The van der Waals surface area contributed by atoms with E-state index in [0.717, 1.165) is 39.0 Å². The van der Waals surface area contributed by atoms with E-state index in [0.29, 0.717) is 32.7 Å². The van der Waals surface area contributed by atoms with Gasteiger partial charge in [0, 0.05) is 31.2 Å². The van der Waals surface area contributed by atoms with Crippen molar-refractivity contribution in [2.45, 2.75) is 42.1 Å². The first-order valence-corrected chi connectivity index (χ1v) is 11.1. The minimum Gasteiger partial charge on any atom is -0.480 e. The van der Waals surface area contributed by atoms with Crippen LogP contribution in [0.15, 0.2) is 26.8 Å². The Hall–Kier alpha value is -1.97. The number of methoxy groups -OCH3 is 1. The van der Waals surface area contributed by atoms with Crippen molar-refractivity contribution in [3.8, 4) is 5.88 Å². The predicted octanol–water partition coefficient (Wildman–Crippen LogP) is 2.97. The first kappa shape index (κ1) is 21.3. The van der Waals surface area contributed by atoms with Crippen molar-refractivity contribution >= 4 is 35.1 Å². The van der Waals surface area contributed by atoms with Gasteiger partial charge in [0.2, 0.25) is 11.8 Å². The van der Waals surface area contributed by atoms with Gasteiger partial charge < -0.3 is 20.1 Å². The molecule has 162 valence electrons. The van der Waals surface area contributed by atoms with Gasteiger partial charge in [-0.1, -0.05) is 23.4 Å². The highest BCUT2D eigenvalue weighted by atomic mass is 35.5.